The number of nitrogens with zero attached hydrogens (tertiary/aromatic N) is 5. The van der Waals surface area contributed by atoms with Gasteiger partial charge < -0.3 is 5.32 Å². The minimum Gasteiger partial charge on any atom is -0.310 e. The van der Waals surface area contributed by atoms with Crippen molar-refractivity contribution in [2.75, 3.05) is 5.32 Å². The summed E-state index contributed by atoms with van der Waals surface area (Å²) < 4.78 is 29.8. The van der Waals surface area contributed by atoms with Crippen LogP contribution in [0.4, 0.5) is 14.6 Å². The van der Waals surface area contributed by atoms with Crippen LogP contribution in [0.1, 0.15) is 34.7 Å². The van der Waals surface area contributed by atoms with Crippen LogP contribution in [0.2, 0.25) is 0 Å². The minimum atomic E-state index is -0.684. The fourth-order valence-electron chi connectivity index (χ4n) is 3.99. The van der Waals surface area contributed by atoms with Crippen LogP contribution in [0.25, 0.3) is 17.2 Å². The number of rotatable bonds is 3. The lowest BCUT2D eigenvalue weighted by molar-refractivity contribution is -0.116. The van der Waals surface area contributed by atoms with E-state index in [4.69, 9.17) is 0 Å². The Morgan fingerprint density at radius 2 is 1.88 bits per heavy atom. The van der Waals surface area contributed by atoms with Crippen molar-refractivity contribution < 1.29 is 13.6 Å². The number of amides is 1. The lowest BCUT2D eigenvalue weighted by atomic mass is 9.85. The van der Waals surface area contributed by atoms with Crippen molar-refractivity contribution in [2.24, 2.45) is 0 Å². The molecule has 3 heterocycles. The van der Waals surface area contributed by atoms with E-state index in [1.54, 1.807) is 13.1 Å². The average molecular weight is 432 g/mol. The zero-order chi connectivity index (χ0) is 22.4. The molecular formula is C23H18F2N6O. The highest BCUT2D eigenvalue weighted by Crippen LogP contribution is 2.40. The Morgan fingerprint density at radius 1 is 1.09 bits per heavy atom. The maximum absolute atomic E-state index is 14.5. The molecule has 0 aliphatic carbocycles. The zero-order valence-electron chi connectivity index (χ0n) is 17.3. The molecule has 5 rings (SSSR count). The van der Waals surface area contributed by atoms with Gasteiger partial charge in [-0.2, -0.15) is 14.9 Å². The second-order valence-corrected chi connectivity index (χ2v) is 7.74. The Kier molecular flexibility index (Phi) is 4.73. The van der Waals surface area contributed by atoms with Crippen molar-refractivity contribution in [3.8, 4) is 17.2 Å². The number of halogens is 2. The van der Waals surface area contributed by atoms with E-state index in [0.29, 0.717) is 22.8 Å². The lowest BCUT2D eigenvalue weighted by Gasteiger charge is -2.24. The van der Waals surface area contributed by atoms with Crippen LogP contribution in [-0.4, -0.2) is 30.9 Å². The van der Waals surface area contributed by atoms with Gasteiger partial charge in [-0.05, 0) is 37.6 Å². The number of benzene rings is 2. The molecular weight excluding hydrogens is 414 g/mol. The Hall–Kier alpha value is -4.01. The highest BCUT2D eigenvalue weighted by Gasteiger charge is 2.34. The van der Waals surface area contributed by atoms with Gasteiger partial charge >= 0.3 is 0 Å². The average Bonchev–Trinajstić information content (AvgIpc) is 3.11. The molecule has 0 fully saturated rings. The van der Waals surface area contributed by atoms with E-state index in [1.807, 2.05) is 31.2 Å². The van der Waals surface area contributed by atoms with Gasteiger partial charge in [-0.3, -0.25) is 4.79 Å². The number of carbonyl (C=O) groups is 1. The van der Waals surface area contributed by atoms with Gasteiger partial charge in [-0.15, -0.1) is 5.10 Å². The fourth-order valence-corrected chi connectivity index (χ4v) is 3.99. The number of nitrogens with one attached hydrogen (secondary N) is 1. The number of aromatic nitrogens is 5. The van der Waals surface area contributed by atoms with Crippen LogP contribution < -0.4 is 5.32 Å². The van der Waals surface area contributed by atoms with Gasteiger partial charge in [0.2, 0.25) is 5.91 Å². The molecule has 0 radical (unpaired) electrons. The fraction of sp³-hybridized carbons (Fsp3) is 0.174. The standard InChI is InChI=1S/C23H18F2N6O/c1-12-3-5-14(6-4-12)19-11-26-29-23(27-19)31-22-21(13(2)30-31)17(10-20(32)28-22)16-9-15(24)7-8-18(16)25/h3-9,11,17H,10H2,1-2H3,(H,28,32). The molecule has 9 heteroatoms. The Balaban J connectivity index is 1.63. The number of anilines is 1. The van der Waals surface area contributed by atoms with Crippen molar-refractivity contribution in [2.45, 2.75) is 26.2 Å². The molecule has 1 N–H and O–H groups in total. The summed E-state index contributed by atoms with van der Waals surface area (Å²) in [4.78, 5) is 17.1. The molecule has 1 aliphatic heterocycles. The summed E-state index contributed by atoms with van der Waals surface area (Å²) in [7, 11) is 0. The first-order valence-electron chi connectivity index (χ1n) is 10.0. The van der Waals surface area contributed by atoms with Crippen LogP contribution >= 0.6 is 0 Å². The molecule has 1 aliphatic rings. The Morgan fingerprint density at radius 3 is 2.66 bits per heavy atom. The molecule has 160 valence electrons. The molecule has 0 bridgehead atoms. The van der Waals surface area contributed by atoms with E-state index in [1.165, 1.54) is 4.68 Å². The van der Waals surface area contributed by atoms with Crippen LogP contribution in [-0.2, 0) is 4.79 Å². The zero-order valence-corrected chi connectivity index (χ0v) is 17.3. The van der Waals surface area contributed by atoms with Gasteiger partial charge in [0.05, 0.1) is 17.6 Å². The number of fused-ring (bicyclic) bond motifs is 1. The SMILES string of the molecule is Cc1ccc(-c2cnnc(-n3nc(C)c4c3NC(=O)CC4c3cc(F)ccc3F)n2)cc1. The smallest absolute Gasteiger partial charge is 0.272 e. The van der Waals surface area contributed by atoms with Crippen molar-refractivity contribution in [1.29, 1.82) is 0 Å². The van der Waals surface area contributed by atoms with Crippen LogP contribution in [0.3, 0.4) is 0 Å². The van der Waals surface area contributed by atoms with Crippen molar-refractivity contribution in [3.05, 3.63) is 82.7 Å². The summed E-state index contributed by atoms with van der Waals surface area (Å²) in [6.07, 6.45) is 1.52. The molecule has 2 aromatic heterocycles. The van der Waals surface area contributed by atoms with E-state index in [9.17, 15) is 13.6 Å². The van der Waals surface area contributed by atoms with E-state index < -0.39 is 17.6 Å². The predicted octanol–water partition coefficient (Wildman–Crippen LogP) is 4.09. The van der Waals surface area contributed by atoms with Gasteiger partial charge in [0.1, 0.15) is 17.5 Å². The molecule has 2 aromatic carbocycles. The molecule has 7 nitrogen and oxygen atoms in total. The second-order valence-electron chi connectivity index (χ2n) is 7.74. The maximum atomic E-state index is 14.5. The third-order valence-electron chi connectivity index (χ3n) is 5.52. The summed E-state index contributed by atoms with van der Waals surface area (Å²) in [6, 6.07) is 11.0. The molecule has 32 heavy (non-hydrogen) atoms. The number of aryl methyl sites for hydroxylation is 2. The van der Waals surface area contributed by atoms with Gasteiger partial charge in [0.25, 0.3) is 5.95 Å². The molecule has 0 spiro atoms. The van der Waals surface area contributed by atoms with E-state index >= 15 is 0 Å². The van der Waals surface area contributed by atoms with Crippen LogP contribution in [0.5, 0.6) is 0 Å². The van der Waals surface area contributed by atoms with Crippen LogP contribution in [0.15, 0.2) is 48.7 Å². The third-order valence-corrected chi connectivity index (χ3v) is 5.52. The summed E-state index contributed by atoms with van der Waals surface area (Å²) in [5.41, 5.74) is 3.82. The Labute approximate surface area is 182 Å². The topological polar surface area (TPSA) is 85.6 Å². The van der Waals surface area contributed by atoms with Crippen molar-refractivity contribution in [1.82, 2.24) is 25.0 Å². The first kappa shape index (κ1) is 19.9. The largest absolute Gasteiger partial charge is 0.310 e. The van der Waals surface area contributed by atoms with Gasteiger partial charge in [-0.25, -0.2) is 13.8 Å². The minimum absolute atomic E-state index is 0.0254. The summed E-state index contributed by atoms with van der Waals surface area (Å²) >= 11 is 0. The molecule has 0 saturated heterocycles. The summed E-state index contributed by atoms with van der Waals surface area (Å²) in [5.74, 6) is -1.68. The highest BCUT2D eigenvalue weighted by atomic mass is 19.1. The molecule has 1 atom stereocenters. The van der Waals surface area contributed by atoms with E-state index in [-0.39, 0.29) is 23.8 Å². The molecule has 1 amide bonds. The first-order valence-corrected chi connectivity index (χ1v) is 10.0. The first-order chi connectivity index (χ1) is 15.4. The predicted molar refractivity (Wildman–Crippen MR) is 113 cm³/mol. The van der Waals surface area contributed by atoms with Gasteiger partial charge in [0.15, 0.2) is 0 Å². The highest BCUT2D eigenvalue weighted by molar-refractivity contribution is 5.95. The van der Waals surface area contributed by atoms with E-state index in [0.717, 1.165) is 29.3 Å². The third kappa shape index (κ3) is 3.41. The number of hydrogen-bond donors (Lipinski definition) is 1. The summed E-state index contributed by atoms with van der Waals surface area (Å²) in [6.45, 7) is 3.74. The number of carbonyl (C=O) groups excluding carboxylic acids is 1. The summed E-state index contributed by atoms with van der Waals surface area (Å²) in [5, 5.41) is 15.4. The van der Waals surface area contributed by atoms with Crippen molar-refractivity contribution in [3.63, 3.8) is 0 Å². The molecule has 1 unspecified atom stereocenters. The number of hydrogen-bond acceptors (Lipinski definition) is 5. The monoisotopic (exact) mass is 432 g/mol. The lowest BCUT2D eigenvalue weighted by Crippen LogP contribution is -2.25. The van der Waals surface area contributed by atoms with Gasteiger partial charge in [-0.1, -0.05) is 29.8 Å². The molecule has 0 saturated carbocycles. The van der Waals surface area contributed by atoms with E-state index in [2.05, 4.69) is 25.6 Å². The second kappa shape index (κ2) is 7.60. The maximum Gasteiger partial charge on any atom is 0.272 e. The van der Waals surface area contributed by atoms with Crippen molar-refractivity contribution >= 4 is 11.7 Å². The quantitative estimate of drug-likeness (QED) is 0.527. The van der Waals surface area contributed by atoms with Gasteiger partial charge in [0, 0.05) is 23.5 Å². The molecule has 4 aromatic rings. The Bertz CT molecular complexity index is 1350. The normalized spacial score (nSPS) is 15.4. The van der Waals surface area contributed by atoms with Crippen LogP contribution in [0, 0.1) is 25.5 Å².